The first-order chi connectivity index (χ1) is 9.27. The zero-order valence-corrected chi connectivity index (χ0v) is 11.1. The lowest BCUT2D eigenvalue weighted by Gasteiger charge is -2.20. The van der Waals surface area contributed by atoms with Gasteiger partial charge in [-0.1, -0.05) is 31.0 Å². The van der Waals surface area contributed by atoms with Crippen molar-refractivity contribution in [2.75, 3.05) is 13.1 Å². The lowest BCUT2D eigenvalue weighted by molar-refractivity contribution is -0.132. The van der Waals surface area contributed by atoms with Crippen LogP contribution in [0.25, 0.3) is 0 Å². The summed E-state index contributed by atoms with van der Waals surface area (Å²) < 4.78 is 13.7. The molecule has 1 saturated heterocycles. The Labute approximate surface area is 113 Å². The van der Waals surface area contributed by atoms with E-state index >= 15 is 0 Å². The van der Waals surface area contributed by atoms with E-state index in [1.807, 2.05) is 17.0 Å². The van der Waals surface area contributed by atoms with Gasteiger partial charge in [-0.15, -0.1) is 0 Å². The molecule has 2 unspecified atom stereocenters. The van der Waals surface area contributed by atoms with Crippen molar-refractivity contribution in [3.05, 3.63) is 35.6 Å². The van der Waals surface area contributed by atoms with Crippen molar-refractivity contribution < 1.29 is 9.18 Å². The molecule has 1 aromatic carbocycles. The van der Waals surface area contributed by atoms with Crippen molar-refractivity contribution >= 4 is 5.91 Å². The van der Waals surface area contributed by atoms with Gasteiger partial charge in [0, 0.05) is 19.0 Å². The minimum absolute atomic E-state index is 0.0231. The van der Waals surface area contributed by atoms with Crippen LogP contribution in [0, 0.1) is 11.7 Å². The van der Waals surface area contributed by atoms with Crippen molar-refractivity contribution in [2.45, 2.75) is 38.0 Å². The van der Waals surface area contributed by atoms with E-state index in [0.29, 0.717) is 0 Å². The highest BCUT2D eigenvalue weighted by Crippen LogP contribution is 2.49. The summed E-state index contributed by atoms with van der Waals surface area (Å²) in [6.07, 6.45) is 5.50. The number of hydrogen-bond acceptors (Lipinski definition) is 1. The summed E-state index contributed by atoms with van der Waals surface area (Å²) in [5, 5.41) is 0. The number of carbonyl (C=O) groups excluding carboxylic acids is 1. The van der Waals surface area contributed by atoms with Crippen LogP contribution in [0.3, 0.4) is 0 Å². The third-order valence-electron chi connectivity index (χ3n) is 4.33. The lowest BCUT2D eigenvalue weighted by Crippen LogP contribution is -2.33. The van der Waals surface area contributed by atoms with Crippen LogP contribution in [0.5, 0.6) is 0 Å². The van der Waals surface area contributed by atoms with Crippen molar-refractivity contribution in [1.82, 2.24) is 4.90 Å². The largest absolute Gasteiger partial charge is 0.342 e. The summed E-state index contributed by atoms with van der Waals surface area (Å²) in [7, 11) is 0. The normalized spacial score (nSPS) is 26.9. The third-order valence-corrected chi connectivity index (χ3v) is 4.33. The fourth-order valence-corrected chi connectivity index (χ4v) is 3.11. The summed E-state index contributed by atoms with van der Waals surface area (Å²) in [5.41, 5.74) is 0.718. The number of halogens is 1. The number of amides is 1. The van der Waals surface area contributed by atoms with Gasteiger partial charge in [0.1, 0.15) is 5.82 Å². The Hall–Kier alpha value is -1.38. The molecule has 1 aliphatic heterocycles. The van der Waals surface area contributed by atoms with Gasteiger partial charge in [0.25, 0.3) is 0 Å². The van der Waals surface area contributed by atoms with Crippen LogP contribution in [-0.2, 0) is 4.79 Å². The van der Waals surface area contributed by atoms with Gasteiger partial charge in [-0.25, -0.2) is 4.39 Å². The average Bonchev–Trinajstić information content (AvgIpc) is 3.22. The highest BCUT2D eigenvalue weighted by atomic mass is 19.1. The van der Waals surface area contributed by atoms with E-state index in [4.69, 9.17) is 0 Å². The molecule has 2 fully saturated rings. The van der Waals surface area contributed by atoms with E-state index in [9.17, 15) is 9.18 Å². The van der Waals surface area contributed by atoms with E-state index in [1.165, 1.54) is 18.9 Å². The topological polar surface area (TPSA) is 20.3 Å². The van der Waals surface area contributed by atoms with Crippen molar-refractivity contribution in [2.24, 2.45) is 5.92 Å². The third kappa shape index (κ3) is 2.65. The lowest BCUT2D eigenvalue weighted by atomic mass is 10.1. The molecule has 3 heteroatoms. The van der Waals surface area contributed by atoms with Gasteiger partial charge in [0.2, 0.25) is 5.91 Å². The molecule has 0 radical (unpaired) electrons. The summed E-state index contributed by atoms with van der Waals surface area (Å²) in [5.74, 6) is 0.209. The molecule has 2 aliphatic rings. The van der Waals surface area contributed by atoms with Crippen molar-refractivity contribution in [3.63, 3.8) is 0 Å². The molecule has 19 heavy (non-hydrogen) atoms. The predicted octanol–water partition coefficient (Wildman–Crippen LogP) is 3.33. The summed E-state index contributed by atoms with van der Waals surface area (Å²) >= 11 is 0. The van der Waals surface area contributed by atoms with Crippen molar-refractivity contribution in [3.8, 4) is 0 Å². The number of benzene rings is 1. The smallest absolute Gasteiger partial charge is 0.226 e. The second kappa shape index (κ2) is 5.32. The van der Waals surface area contributed by atoms with Gasteiger partial charge < -0.3 is 4.90 Å². The predicted molar refractivity (Wildman–Crippen MR) is 72.3 cm³/mol. The minimum Gasteiger partial charge on any atom is -0.342 e. The summed E-state index contributed by atoms with van der Waals surface area (Å²) in [6.45, 7) is 1.78. The van der Waals surface area contributed by atoms with Gasteiger partial charge in [0.05, 0.1) is 0 Å². The Morgan fingerprint density at radius 1 is 1.11 bits per heavy atom. The zero-order chi connectivity index (χ0) is 13.2. The number of hydrogen-bond donors (Lipinski definition) is 0. The van der Waals surface area contributed by atoms with Gasteiger partial charge in [-0.2, -0.15) is 0 Å². The number of carbonyl (C=O) groups is 1. The second-order valence-corrected chi connectivity index (χ2v) is 5.71. The molecule has 1 saturated carbocycles. The SMILES string of the molecule is O=C(C1CC1c1ccccc1F)N1CCCCCC1. The first-order valence-corrected chi connectivity index (χ1v) is 7.30. The highest BCUT2D eigenvalue weighted by Gasteiger charge is 2.46. The maximum Gasteiger partial charge on any atom is 0.226 e. The van der Waals surface area contributed by atoms with Crippen LogP contribution in [0.15, 0.2) is 24.3 Å². The molecule has 0 N–H and O–H groups in total. The van der Waals surface area contributed by atoms with E-state index in [1.54, 1.807) is 6.07 Å². The first kappa shape index (κ1) is 12.6. The number of rotatable bonds is 2. The first-order valence-electron chi connectivity index (χ1n) is 7.30. The van der Waals surface area contributed by atoms with Crippen molar-refractivity contribution in [1.29, 1.82) is 0 Å². The zero-order valence-electron chi connectivity index (χ0n) is 11.1. The van der Waals surface area contributed by atoms with Crippen LogP contribution >= 0.6 is 0 Å². The quantitative estimate of drug-likeness (QED) is 0.799. The van der Waals surface area contributed by atoms with Crippen LogP contribution in [-0.4, -0.2) is 23.9 Å². The molecule has 0 aromatic heterocycles. The van der Waals surface area contributed by atoms with E-state index < -0.39 is 0 Å². The number of likely N-dealkylation sites (tertiary alicyclic amines) is 1. The van der Waals surface area contributed by atoms with Gasteiger partial charge >= 0.3 is 0 Å². The van der Waals surface area contributed by atoms with Crippen LogP contribution in [0.1, 0.15) is 43.6 Å². The summed E-state index contributed by atoms with van der Waals surface area (Å²) in [4.78, 5) is 14.4. The Morgan fingerprint density at radius 2 is 1.79 bits per heavy atom. The van der Waals surface area contributed by atoms with Gasteiger partial charge in [-0.3, -0.25) is 4.79 Å². The Balaban J connectivity index is 1.66. The van der Waals surface area contributed by atoms with E-state index in [-0.39, 0.29) is 23.6 Å². The second-order valence-electron chi connectivity index (χ2n) is 5.71. The van der Waals surface area contributed by atoms with E-state index in [0.717, 1.165) is 37.9 Å². The van der Waals surface area contributed by atoms with Crippen LogP contribution in [0.4, 0.5) is 4.39 Å². The standard InChI is InChI=1S/C16H20FNO/c17-15-8-4-3-7-12(15)13-11-14(13)16(19)18-9-5-1-2-6-10-18/h3-4,7-8,13-14H,1-2,5-6,9-11H2. The minimum atomic E-state index is -0.168. The van der Waals surface area contributed by atoms with E-state index in [2.05, 4.69) is 0 Å². The Kier molecular flexibility index (Phi) is 3.54. The monoisotopic (exact) mass is 261 g/mol. The molecule has 2 atom stereocenters. The molecule has 102 valence electrons. The molecular formula is C16H20FNO. The Morgan fingerprint density at radius 3 is 2.47 bits per heavy atom. The molecule has 0 bridgehead atoms. The van der Waals surface area contributed by atoms with Gasteiger partial charge in [-0.05, 0) is 36.8 Å². The van der Waals surface area contributed by atoms with Gasteiger partial charge in [0.15, 0.2) is 0 Å². The molecule has 1 heterocycles. The average molecular weight is 261 g/mol. The molecule has 2 nitrogen and oxygen atoms in total. The fraction of sp³-hybridized carbons (Fsp3) is 0.562. The molecule has 3 rings (SSSR count). The fourth-order valence-electron chi connectivity index (χ4n) is 3.11. The summed E-state index contributed by atoms with van der Waals surface area (Å²) in [6, 6.07) is 6.86. The molecule has 1 amide bonds. The molecule has 0 spiro atoms. The molecule has 1 aliphatic carbocycles. The Bertz CT molecular complexity index is 466. The van der Waals surface area contributed by atoms with Crippen LogP contribution in [0.2, 0.25) is 0 Å². The molecular weight excluding hydrogens is 241 g/mol. The maximum atomic E-state index is 13.7. The number of nitrogens with zero attached hydrogens (tertiary/aromatic N) is 1. The molecule has 1 aromatic rings. The van der Waals surface area contributed by atoms with Crippen LogP contribution < -0.4 is 0 Å². The highest BCUT2D eigenvalue weighted by molar-refractivity contribution is 5.83. The maximum absolute atomic E-state index is 13.7.